The number of hydrogen-bond donors (Lipinski definition) is 1. The second-order valence-electron chi connectivity index (χ2n) is 5.30. The van der Waals surface area contributed by atoms with Gasteiger partial charge in [-0.1, -0.05) is 36.2 Å². The van der Waals surface area contributed by atoms with Gasteiger partial charge in [0, 0.05) is 12.2 Å². The van der Waals surface area contributed by atoms with Gasteiger partial charge in [-0.05, 0) is 38.1 Å². The molecule has 1 atom stereocenters. The van der Waals surface area contributed by atoms with Crippen LogP contribution in [0.3, 0.4) is 0 Å². The van der Waals surface area contributed by atoms with Crippen molar-refractivity contribution in [3.8, 4) is 0 Å². The summed E-state index contributed by atoms with van der Waals surface area (Å²) < 4.78 is 27.1. The molecule has 24 heavy (non-hydrogen) atoms. The maximum atomic E-state index is 12.7. The van der Waals surface area contributed by atoms with Crippen LogP contribution in [-0.4, -0.2) is 31.2 Å². The van der Waals surface area contributed by atoms with Gasteiger partial charge in [0.15, 0.2) is 0 Å². The monoisotopic (exact) mass is 386 g/mol. The third kappa shape index (κ3) is 4.16. The van der Waals surface area contributed by atoms with Crippen LogP contribution in [0, 0.1) is 6.92 Å². The fourth-order valence-electron chi connectivity index (χ4n) is 2.22. The number of hydrogen-bond acceptors (Lipinski definition) is 4. The lowest BCUT2D eigenvalue weighted by atomic mass is 10.2. The van der Waals surface area contributed by atoms with E-state index in [0.717, 1.165) is 16.9 Å². The van der Waals surface area contributed by atoms with Gasteiger partial charge in [-0.25, -0.2) is 8.42 Å². The maximum absolute atomic E-state index is 12.7. The molecule has 130 valence electrons. The van der Waals surface area contributed by atoms with E-state index in [9.17, 15) is 13.2 Å². The highest BCUT2D eigenvalue weighted by molar-refractivity contribution is 7.91. The van der Waals surface area contributed by atoms with E-state index in [-0.39, 0.29) is 16.7 Å². The molecule has 1 aromatic heterocycles. The maximum Gasteiger partial charge on any atom is 0.253 e. The summed E-state index contributed by atoms with van der Waals surface area (Å²) in [6, 6.07) is 9.46. The number of rotatable bonds is 6. The number of nitrogens with zero attached hydrogens (tertiary/aromatic N) is 1. The number of aryl methyl sites for hydroxylation is 1. The van der Waals surface area contributed by atoms with Gasteiger partial charge in [-0.15, -0.1) is 11.3 Å². The van der Waals surface area contributed by atoms with Crippen molar-refractivity contribution in [3.05, 3.63) is 46.3 Å². The summed E-state index contributed by atoms with van der Waals surface area (Å²) in [5, 5.41) is 2.74. The smallest absolute Gasteiger partial charge is 0.253 e. The molecule has 0 saturated carbocycles. The van der Waals surface area contributed by atoms with Gasteiger partial charge >= 0.3 is 0 Å². The third-order valence-corrected chi connectivity index (χ3v) is 7.30. The van der Waals surface area contributed by atoms with Crippen molar-refractivity contribution in [2.75, 3.05) is 11.9 Å². The Bertz CT molecular complexity index is 816. The van der Waals surface area contributed by atoms with Crippen molar-refractivity contribution in [1.29, 1.82) is 0 Å². The van der Waals surface area contributed by atoms with Crippen LogP contribution in [0.1, 0.15) is 19.4 Å². The summed E-state index contributed by atoms with van der Waals surface area (Å²) in [7, 11) is -3.77. The van der Waals surface area contributed by atoms with Crippen molar-refractivity contribution in [1.82, 2.24) is 4.31 Å². The van der Waals surface area contributed by atoms with Crippen LogP contribution in [-0.2, 0) is 14.8 Å². The number of thiophene rings is 1. The summed E-state index contributed by atoms with van der Waals surface area (Å²) >= 11 is 6.81. The predicted molar refractivity (Wildman–Crippen MR) is 98.2 cm³/mol. The van der Waals surface area contributed by atoms with E-state index in [0.29, 0.717) is 10.0 Å². The highest BCUT2D eigenvalue weighted by Crippen LogP contribution is 2.29. The van der Waals surface area contributed by atoms with Crippen LogP contribution in [0.2, 0.25) is 4.34 Å². The Hall–Kier alpha value is -1.41. The number of carbonyl (C=O) groups excluding carboxylic acids is 1. The minimum absolute atomic E-state index is 0.129. The zero-order valence-corrected chi connectivity index (χ0v) is 16.0. The van der Waals surface area contributed by atoms with Crippen LogP contribution < -0.4 is 5.32 Å². The van der Waals surface area contributed by atoms with Gasteiger partial charge in [0.2, 0.25) is 5.91 Å². The highest BCUT2D eigenvalue weighted by Gasteiger charge is 2.32. The van der Waals surface area contributed by atoms with Gasteiger partial charge in [0.25, 0.3) is 10.0 Å². The first kappa shape index (κ1) is 18.9. The van der Waals surface area contributed by atoms with E-state index in [1.54, 1.807) is 26.0 Å². The van der Waals surface area contributed by atoms with Crippen molar-refractivity contribution in [2.24, 2.45) is 0 Å². The topological polar surface area (TPSA) is 66.5 Å². The zero-order chi connectivity index (χ0) is 17.9. The Morgan fingerprint density at radius 3 is 2.38 bits per heavy atom. The number of halogens is 1. The molecule has 0 aliphatic heterocycles. The van der Waals surface area contributed by atoms with Crippen molar-refractivity contribution < 1.29 is 13.2 Å². The average molecular weight is 387 g/mol. The number of likely N-dealkylation sites (N-methyl/N-ethyl adjacent to an activating group) is 1. The van der Waals surface area contributed by atoms with Crippen molar-refractivity contribution >= 4 is 44.6 Å². The molecular weight excluding hydrogens is 368 g/mol. The summed E-state index contributed by atoms with van der Waals surface area (Å²) in [6.07, 6.45) is 0. The van der Waals surface area contributed by atoms with Crippen LogP contribution in [0.4, 0.5) is 5.69 Å². The van der Waals surface area contributed by atoms with Crippen LogP contribution in [0.15, 0.2) is 40.6 Å². The van der Waals surface area contributed by atoms with E-state index >= 15 is 0 Å². The number of benzene rings is 1. The molecule has 8 heteroatoms. The van der Waals surface area contributed by atoms with Gasteiger partial charge in [-0.3, -0.25) is 4.79 Å². The van der Waals surface area contributed by atoms with E-state index in [1.165, 1.54) is 16.4 Å². The SMILES string of the molecule is CCN(C(C)C(=O)Nc1ccc(C)cc1)S(=O)(=O)c1ccc(Cl)s1. The first-order valence-electron chi connectivity index (χ1n) is 7.40. The average Bonchev–Trinajstić information content (AvgIpc) is 2.97. The lowest BCUT2D eigenvalue weighted by Gasteiger charge is -2.25. The minimum Gasteiger partial charge on any atom is -0.325 e. The second kappa shape index (κ2) is 7.65. The second-order valence-corrected chi connectivity index (χ2v) is 9.13. The molecular formula is C16H19ClN2O3S2. The number of amides is 1. The Morgan fingerprint density at radius 2 is 1.88 bits per heavy atom. The third-order valence-electron chi connectivity index (χ3n) is 3.55. The Kier molecular flexibility index (Phi) is 6.03. The molecule has 0 spiro atoms. The Morgan fingerprint density at radius 1 is 1.25 bits per heavy atom. The molecule has 0 radical (unpaired) electrons. The number of carbonyl (C=O) groups is 1. The number of anilines is 1. The molecule has 1 heterocycles. The predicted octanol–water partition coefficient (Wildman–Crippen LogP) is 3.75. The molecule has 0 aliphatic rings. The quantitative estimate of drug-likeness (QED) is 0.822. The van der Waals surface area contributed by atoms with Crippen molar-refractivity contribution in [2.45, 2.75) is 31.0 Å². The van der Waals surface area contributed by atoms with Gasteiger partial charge < -0.3 is 5.32 Å². The first-order valence-corrected chi connectivity index (χ1v) is 10.0. The molecule has 1 amide bonds. The van der Waals surface area contributed by atoms with Gasteiger partial charge in [0.05, 0.1) is 4.34 Å². The Labute approximate surface area is 151 Å². The van der Waals surface area contributed by atoms with Crippen molar-refractivity contribution in [3.63, 3.8) is 0 Å². The Balaban J connectivity index is 2.19. The molecule has 1 aromatic carbocycles. The lowest BCUT2D eigenvalue weighted by molar-refractivity contribution is -0.119. The molecule has 0 aliphatic carbocycles. The fraction of sp³-hybridized carbons (Fsp3) is 0.312. The zero-order valence-electron chi connectivity index (χ0n) is 13.6. The summed E-state index contributed by atoms with van der Waals surface area (Å²) in [6.45, 7) is 5.40. The standard InChI is InChI=1S/C16H19ClN2O3S2/c1-4-19(24(21,22)15-10-9-14(17)23-15)12(3)16(20)18-13-7-5-11(2)6-8-13/h5-10,12H,4H2,1-3H3,(H,18,20). The highest BCUT2D eigenvalue weighted by atomic mass is 35.5. The van der Waals surface area contributed by atoms with E-state index in [4.69, 9.17) is 11.6 Å². The number of sulfonamides is 1. The van der Waals surface area contributed by atoms with Gasteiger partial charge in [0.1, 0.15) is 10.3 Å². The molecule has 1 unspecified atom stereocenters. The largest absolute Gasteiger partial charge is 0.325 e. The molecule has 0 fully saturated rings. The first-order chi connectivity index (χ1) is 11.3. The van der Waals surface area contributed by atoms with Gasteiger partial charge in [-0.2, -0.15) is 4.31 Å². The number of nitrogens with one attached hydrogen (secondary N) is 1. The summed E-state index contributed by atoms with van der Waals surface area (Å²) in [5.41, 5.74) is 1.71. The molecule has 5 nitrogen and oxygen atoms in total. The fourth-order valence-corrected chi connectivity index (χ4v) is 5.43. The van der Waals surface area contributed by atoms with E-state index < -0.39 is 16.1 Å². The van der Waals surface area contributed by atoms with Crippen LogP contribution in [0.5, 0.6) is 0 Å². The van der Waals surface area contributed by atoms with Crippen LogP contribution in [0.25, 0.3) is 0 Å². The molecule has 2 aromatic rings. The normalized spacial score (nSPS) is 13.0. The molecule has 1 N–H and O–H groups in total. The molecule has 0 bridgehead atoms. The minimum atomic E-state index is -3.77. The summed E-state index contributed by atoms with van der Waals surface area (Å²) in [5.74, 6) is -0.382. The molecule has 2 rings (SSSR count). The van der Waals surface area contributed by atoms with Crippen LogP contribution >= 0.6 is 22.9 Å². The van der Waals surface area contributed by atoms with E-state index in [1.807, 2.05) is 19.1 Å². The van der Waals surface area contributed by atoms with E-state index in [2.05, 4.69) is 5.32 Å². The summed E-state index contributed by atoms with van der Waals surface area (Å²) in [4.78, 5) is 12.4. The molecule has 0 saturated heterocycles. The lowest BCUT2D eigenvalue weighted by Crippen LogP contribution is -2.45.